The summed E-state index contributed by atoms with van der Waals surface area (Å²) in [4.78, 5) is 10.9. The molecule has 3 unspecified atom stereocenters. The van der Waals surface area contributed by atoms with E-state index in [0.717, 1.165) is 5.56 Å². The summed E-state index contributed by atoms with van der Waals surface area (Å²) in [6, 6.07) is 7.27. The average molecular weight is 251 g/mol. The molecule has 1 aliphatic heterocycles. The van der Waals surface area contributed by atoms with Crippen LogP contribution in [0.1, 0.15) is 29.7 Å². The van der Waals surface area contributed by atoms with Crippen LogP contribution in [0.4, 0.5) is 0 Å². The predicted octanol–water partition coefficient (Wildman–Crippen LogP) is 0.447. The molecular weight excluding hydrogens is 234 g/mol. The molecule has 1 aromatic carbocycles. The van der Waals surface area contributed by atoms with Gasteiger partial charge in [-0.2, -0.15) is 0 Å². The number of benzene rings is 1. The van der Waals surface area contributed by atoms with Gasteiger partial charge < -0.3 is 20.6 Å². The highest BCUT2D eigenvalue weighted by atomic mass is 16.4. The molecular formula is C13H17NO4. The minimum absolute atomic E-state index is 0.0476. The zero-order valence-electron chi connectivity index (χ0n) is 9.91. The standard InChI is InChI=1S/C13H17NO4/c15-7-12(16)9-3-1-8(2-4-9)11-5-10(6-14-11)13(17)18/h1-4,10-12,14-16H,5-7H2,(H,17,18). The van der Waals surface area contributed by atoms with Crippen LogP contribution in [0.2, 0.25) is 0 Å². The van der Waals surface area contributed by atoms with E-state index in [0.29, 0.717) is 18.5 Å². The van der Waals surface area contributed by atoms with Gasteiger partial charge in [-0.3, -0.25) is 4.79 Å². The van der Waals surface area contributed by atoms with Crippen LogP contribution in [0.15, 0.2) is 24.3 Å². The van der Waals surface area contributed by atoms with Crippen LogP contribution in [0.5, 0.6) is 0 Å². The van der Waals surface area contributed by atoms with Gasteiger partial charge in [-0.25, -0.2) is 0 Å². The van der Waals surface area contributed by atoms with Crippen LogP contribution in [-0.2, 0) is 4.79 Å². The van der Waals surface area contributed by atoms with Crippen molar-refractivity contribution in [3.8, 4) is 0 Å². The van der Waals surface area contributed by atoms with Gasteiger partial charge in [0.1, 0.15) is 6.10 Å². The van der Waals surface area contributed by atoms with Crippen molar-refractivity contribution < 1.29 is 20.1 Å². The van der Waals surface area contributed by atoms with Crippen molar-refractivity contribution in [2.24, 2.45) is 5.92 Å². The second kappa shape index (κ2) is 5.48. The summed E-state index contributed by atoms with van der Waals surface area (Å²) < 4.78 is 0. The van der Waals surface area contributed by atoms with Gasteiger partial charge in [0.05, 0.1) is 12.5 Å². The number of hydrogen-bond donors (Lipinski definition) is 4. The van der Waals surface area contributed by atoms with Crippen molar-refractivity contribution in [3.05, 3.63) is 35.4 Å². The van der Waals surface area contributed by atoms with E-state index in [1.165, 1.54) is 0 Å². The topological polar surface area (TPSA) is 89.8 Å². The molecule has 1 saturated heterocycles. The summed E-state index contributed by atoms with van der Waals surface area (Å²) in [5.41, 5.74) is 1.67. The van der Waals surface area contributed by atoms with Crippen molar-refractivity contribution in [2.45, 2.75) is 18.6 Å². The maximum absolute atomic E-state index is 10.9. The minimum atomic E-state index is -0.859. The summed E-state index contributed by atoms with van der Waals surface area (Å²) >= 11 is 0. The maximum Gasteiger partial charge on any atom is 0.307 e. The Morgan fingerprint density at radius 3 is 2.56 bits per heavy atom. The first-order valence-electron chi connectivity index (χ1n) is 5.96. The van der Waals surface area contributed by atoms with Crippen LogP contribution in [0, 0.1) is 5.92 Å². The smallest absolute Gasteiger partial charge is 0.307 e. The molecule has 5 heteroatoms. The molecule has 5 nitrogen and oxygen atoms in total. The third-order valence-electron chi connectivity index (χ3n) is 3.38. The van der Waals surface area contributed by atoms with Crippen LogP contribution >= 0.6 is 0 Å². The Balaban J connectivity index is 2.05. The molecule has 1 fully saturated rings. The number of carboxylic acid groups (broad SMARTS) is 1. The van der Waals surface area contributed by atoms with E-state index in [-0.39, 0.29) is 18.6 Å². The molecule has 0 saturated carbocycles. The number of aliphatic carboxylic acids is 1. The normalized spacial score (nSPS) is 25.0. The number of nitrogens with one attached hydrogen (secondary N) is 1. The lowest BCUT2D eigenvalue weighted by molar-refractivity contribution is -0.141. The third-order valence-corrected chi connectivity index (χ3v) is 3.38. The molecule has 0 amide bonds. The molecule has 0 radical (unpaired) electrons. The second-order valence-electron chi connectivity index (χ2n) is 4.60. The largest absolute Gasteiger partial charge is 0.481 e. The van der Waals surface area contributed by atoms with Crippen molar-refractivity contribution in [3.63, 3.8) is 0 Å². The number of aliphatic hydroxyl groups is 2. The summed E-state index contributed by atoms with van der Waals surface area (Å²) in [6.45, 7) is 0.184. The van der Waals surface area contributed by atoms with Gasteiger partial charge in [0, 0.05) is 12.6 Å². The molecule has 1 aromatic rings. The molecule has 98 valence electrons. The summed E-state index contributed by atoms with van der Waals surface area (Å²) in [5, 5.41) is 30.4. The highest BCUT2D eigenvalue weighted by Gasteiger charge is 2.29. The Morgan fingerprint density at radius 1 is 1.39 bits per heavy atom. The average Bonchev–Trinajstić information content (AvgIpc) is 2.88. The molecule has 0 spiro atoms. The highest BCUT2D eigenvalue weighted by molar-refractivity contribution is 5.70. The quantitative estimate of drug-likeness (QED) is 0.624. The van der Waals surface area contributed by atoms with Gasteiger partial charge in [0.2, 0.25) is 0 Å². The van der Waals surface area contributed by atoms with Crippen LogP contribution in [0.25, 0.3) is 0 Å². The van der Waals surface area contributed by atoms with Crippen LogP contribution in [-0.4, -0.2) is 34.4 Å². The van der Waals surface area contributed by atoms with Gasteiger partial charge in [0.25, 0.3) is 0 Å². The van der Waals surface area contributed by atoms with Crippen molar-refractivity contribution in [1.82, 2.24) is 5.32 Å². The molecule has 0 aliphatic carbocycles. The fourth-order valence-corrected chi connectivity index (χ4v) is 2.23. The molecule has 3 atom stereocenters. The Morgan fingerprint density at radius 2 is 2.06 bits per heavy atom. The summed E-state index contributed by atoms with van der Waals surface area (Å²) in [6.07, 6.45) is -0.278. The van der Waals surface area contributed by atoms with Crippen LogP contribution in [0.3, 0.4) is 0 Å². The first-order valence-corrected chi connectivity index (χ1v) is 5.96. The van der Waals surface area contributed by atoms with Gasteiger partial charge in [-0.05, 0) is 17.5 Å². The summed E-state index contributed by atoms with van der Waals surface area (Å²) in [5.74, 6) is -1.10. The SMILES string of the molecule is O=C(O)C1CNC(c2ccc(C(O)CO)cc2)C1. The molecule has 1 aliphatic rings. The fourth-order valence-electron chi connectivity index (χ4n) is 2.23. The van der Waals surface area contributed by atoms with E-state index in [9.17, 15) is 9.90 Å². The molecule has 0 bridgehead atoms. The Hall–Kier alpha value is -1.43. The Labute approximate surface area is 105 Å². The zero-order valence-corrected chi connectivity index (χ0v) is 9.91. The number of carboxylic acids is 1. The Bertz CT molecular complexity index is 418. The highest BCUT2D eigenvalue weighted by Crippen LogP contribution is 2.28. The molecule has 2 rings (SSSR count). The van der Waals surface area contributed by atoms with Gasteiger partial charge >= 0.3 is 5.97 Å². The van der Waals surface area contributed by atoms with E-state index in [1.54, 1.807) is 12.1 Å². The number of hydrogen-bond acceptors (Lipinski definition) is 4. The number of aliphatic hydroxyl groups excluding tert-OH is 2. The molecule has 4 N–H and O–H groups in total. The lowest BCUT2D eigenvalue weighted by atomic mass is 9.98. The first kappa shape index (κ1) is 13.0. The van der Waals surface area contributed by atoms with Crippen LogP contribution < -0.4 is 5.32 Å². The second-order valence-corrected chi connectivity index (χ2v) is 4.60. The van der Waals surface area contributed by atoms with Crippen molar-refractivity contribution in [2.75, 3.05) is 13.2 Å². The van der Waals surface area contributed by atoms with E-state index < -0.39 is 12.1 Å². The predicted molar refractivity (Wildman–Crippen MR) is 65.0 cm³/mol. The van der Waals surface area contributed by atoms with E-state index >= 15 is 0 Å². The first-order chi connectivity index (χ1) is 8.61. The maximum atomic E-state index is 10.9. The monoisotopic (exact) mass is 251 g/mol. The molecule has 0 aromatic heterocycles. The van der Waals surface area contributed by atoms with Gasteiger partial charge in [-0.1, -0.05) is 24.3 Å². The zero-order chi connectivity index (χ0) is 13.1. The lowest BCUT2D eigenvalue weighted by Crippen LogP contribution is -2.17. The van der Waals surface area contributed by atoms with Crippen molar-refractivity contribution in [1.29, 1.82) is 0 Å². The van der Waals surface area contributed by atoms with E-state index in [2.05, 4.69) is 5.32 Å². The van der Waals surface area contributed by atoms with Crippen molar-refractivity contribution >= 4 is 5.97 Å². The lowest BCUT2D eigenvalue weighted by Gasteiger charge is -2.13. The van der Waals surface area contributed by atoms with E-state index in [4.69, 9.17) is 10.2 Å². The Kier molecular flexibility index (Phi) is 3.96. The van der Waals surface area contributed by atoms with Gasteiger partial charge in [0.15, 0.2) is 0 Å². The molecule has 18 heavy (non-hydrogen) atoms. The summed E-state index contributed by atoms with van der Waals surface area (Å²) in [7, 11) is 0. The molecule has 1 heterocycles. The number of rotatable bonds is 4. The van der Waals surface area contributed by atoms with E-state index in [1.807, 2.05) is 12.1 Å². The van der Waals surface area contributed by atoms with Gasteiger partial charge in [-0.15, -0.1) is 0 Å². The minimum Gasteiger partial charge on any atom is -0.481 e. The number of carbonyl (C=O) groups is 1. The third kappa shape index (κ3) is 2.69. The fraction of sp³-hybridized carbons (Fsp3) is 0.462.